The minimum absolute atomic E-state index is 0.116. The average molecular weight is 286 g/mol. The van der Waals surface area contributed by atoms with Crippen molar-refractivity contribution in [2.45, 2.75) is 31.8 Å². The largest absolute Gasteiger partial charge is 0.350 e. The van der Waals surface area contributed by atoms with Crippen LogP contribution < -0.4 is 11.1 Å². The van der Waals surface area contributed by atoms with Crippen LogP contribution in [-0.2, 0) is 0 Å². The molecule has 1 saturated carbocycles. The molecule has 1 unspecified atom stereocenters. The summed E-state index contributed by atoms with van der Waals surface area (Å²) in [6, 6.07) is 2.69. The van der Waals surface area contributed by atoms with Gasteiger partial charge in [-0.25, -0.2) is 0 Å². The van der Waals surface area contributed by atoms with E-state index in [1.54, 1.807) is 18.5 Å². The van der Waals surface area contributed by atoms with Crippen molar-refractivity contribution in [1.82, 2.24) is 15.2 Å². The van der Waals surface area contributed by atoms with Gasteiger partial charge in [0.1, 0.15) is 0 Å². The first-order valence-electron chi connectivity index (χ1n) is 7.26. The molecule has 0 radical (unpaired) electrons. The number of hydrogen-bond donors (Lipinski definition) is 2. The number of carbonyl (C=O) groups excluding carboxylic acids is 1. The summed E-state index contributed by atoms with van der Waals surface area (Å²) in [4.78, 5) is 18.6. The third-order valence-corrected chi connectivity index (χ3v) is 3.77. The highest BCUT2D eigenvalue weighted by Crippen LogP contribution is 2.26. The lowest BCUT2D eigenvalue weighted by molar-refractivity contribution is 0.0939. The summed E-state index contributed by atoms with van der Waals surface area (Å²) in [6.45, 7) is 3.01. The highest BCUT2D eigenvalue weighted by atomic mass is 16.1. The van der Waals surface area contributed by atoms with E-state index in [1.807, 2.05) is 0 Å². The van der Waals surface area contributed by atoms with E-state index in [0.717, 1.165) is 0 Å². The third-order valence-electron chi connectivity index (χ3n) is 3.77. The minimum Gasteiger partial charge on any atom is -0.350 e. The Morgan fingerprint density at radius 3 is 3.05 bits per heavy atom. The zero-order valence-electron chi connectivity index (χ0n) is 12.6. The molecule has 0 aromatic carbocycles. The van der Waals surface area contributed by atoms with Crippen LogP contribution in [0.15, 0.2) is 18.5 Å². The summed E-state index contributed by atoms with van der Waals surface area (Å²) in [5, 5.41) is 2.97. The normalized spacial score (nSPS) is 15.2. The zero-order valence-corrected chi connectivity index (χ0v) is 12.6. The second kappa shape index (κ2) is 7.21. The second-order valence-corrected chi connectivity index (χ2v) is 5.38. The van der Waals surface area contributed by atoms with Crippen LogP contribution in [-0.4, -0.2) is 48.0 Å². The van der Waals surface area contributed by atoms with E-state index in [-0.39, 0.29) is 12.5 Å². The Balaban J connectivity index is 1.96. The van der Waals surface area contributed by atoms with Gasteiger partial charge in [-0.1, -0.05) is 11.8 Å². The lowest BCUT2D eigenvalue weighted by Gasteiger charge is -2.24. The van der Waals surface area contributed by atoms with Crippen LogP contribution in [0.1, 0.15) is 35.7 Å². The number of nitrogens with zero attached hydrogens (tertiary/aromatic N) is 2. The molecule has 1 atom stereocenters. The predicted molar refractivity (Wildman–Crippen MR) is 82.7 cm³/mol. The summed E-state index contributed by atoms with van der Waals surface area (Å²) >= 11 is 0. The molecule has 0 saturated heterocycles. The van der Waals surface area contributed by atoms with Gasteiger partial charge in [-0.05, 0) is 32.9 Å². The lowest BCUT2D eigenvalue weighted by atomic mass is 10.1. The number of carbonyl (C=O) groups is 1. The molecule has 21 heavy (non-hydrogen) atoms. The molecule has 3 N–H and O–H groups in total. The summed E-state index contributed by atoms with van der Waals surface area (Å²) in [5.74, 6) is 5.52. The van der Waals surface area contributed by atoms with Crippen molar-refractivity contribution in [2.75, 3.05) is 20.1 Å². The van der Waals surface area contributed by atoms with Crippen LogP contribution in [0.2, 0.25) is 0 Å². The Kier molecular flexibility index (Phi) is 5.32. The van der Waals surface area contributed by atoms with Crippen LogP contribution in [0, 0.1) is 11.8 Å². The van der Waals surface area contributed by atoms with Gasteiger partial charge in [-0.2, -0.15) is 0 Å². The van der Waals surface area contributed by atoms with Gasteiger partial charge in [0.15, 0.2) is 0 Å². The number of nitrogens with two attached hydrogens (primary N) is 1. The average Bonchev–Trinajstić information content (AvgIpc) is 3.34. The van der Waals surface area contributed by atoms with Gasteiger partial charge in [-0.15, -0.1) is 0 Å². The molecule has 1 amide bonds. The topological polar surface area (TPSA) is 71.2 Å². The van der Waals surface area contributed by atoms with Crippen LogP contribution in [0.3, 0.4) is 0 Å². The van der Waals surface area contributed by atoms with Gasteiger partial charge in [0.05, 0.1) is 17.7 Å². The zero-order chi connectivity index (χ0) is 15.2. The summed E-state index contributed by atoms with van der Waals surface area (Å²) in [6.07, 6.45) is 5.72. The molecule has 1 heterocycles. The molecule has 5 heteroatoms. The number of likely N-dealkylation sites (N-methyl/N-ethyl adjacent to an activating group) is 1. The number of hydrogen-bond acceptors (Lipinski definition) is 4. The molecule has 1 aliphatic carbocycles. The summed E-state index contributed by atoms with van der Waals surface area (Å²) in [7, 11) is 2.11. The first kappa shape index (κ1) is 15.5. The number of aromatic nitrogens is 1. The second-order valence-electron chi connectivity index (χ2n) is 5.38. The van der Waals surface area contributed by atoms with Gasteiger partial charge in [0.2, 0.25) is 0 Å². The van der Waals surface area contributed by atoms with E-state index in [4.69, 9.17) is 5.73 Å². The Morgan fingerprint density at radius 2 is 2.38 bits per heavy atom. The van der Waals surface area contributed by atoms with E-state index >= 15 is 0 Å². The number of rotatable bonds is 5. The molecule has 1 aliphatic rings. The molecule has 0 aliphatic heterocycles. The van der Waals surface area contributed by atoms with E-state index in [0.29, 0.717) is 29.8 Å². The van der Waals surface area contributed by atoms with Crippen molar-refractivity contribution in [3.8, 4) is 11.8 Å². The first-order chi connectivity index (χ1) is 10.1. The Morgan fingerprint density at radius 1 is 1.62 bits per heavy atom. The standard InChI is InChI=1S/C16H22N4O/c1-12(20(2)14-5-6-14)10-19-16(21)15-7-9-18-11-13(15)4-3-8-17/h7,9,11-12,14H,5-6,8,10,17H2,1-2H3,(H,19,21). The minimum atomic E-state index is -0.116. The maximum Gasteiger partial charge on any atom is 0.252 e. The molecule has 0 spiro atoms. The monoisotopic (exact) mass is 286 g/mol. The van der Waals surface area contributed by atoms with E-state index in [1.165, 1.54) is 12.8 Å². The van der Waals surface area contributed by atoms with Crippen molar-refractivity contribution in [2.24, 2.45) is 5.73 Å². The van der Waals surface area contributed by atoms with Gasteiger partial charge in [0.25, 0.3) is 5.91 Å². The Bertz CT molecular complexity index is 557. The van der Waals surface area contributed by atoms with Gasteiger partial charge < -0.3 is 11.1 Å². The van der Waals surface area contributed by atoms with Crippen molar-refractivity contribution in [3.05, 3.63) is 29.6 Å². The van der Waals surface area contributed by atoms with Crippen molar-refractivity contribution in [1.29, 1.82) is 0 Å². The molecule has 112 valence electrons. The lowest BCUT2D eigenvalue weighted by Crippen LogP contribution is -2.41. The smallest absolute Gasteiger partial charge is 0.252 e. The number of nitrogens with one attached hydrogen (secondary N) is 1. The van der Waals surface area contributed by atoms with E-state index < -0.39 is 0 Å². The third kappa shape index (κ3) is 4.28. The summed E-state index contributed by atoms with van der Waals surface area (Å²) in [5.41, 5.74) is 6.53. The SMILES string of the molecule is CC(CNC(=O)c1ccncc1C#CCN)N(C)C1CC1. The fraction of sp³-hybridized carbons (Fsp3) is 0.500. The molecule has 1 fully saturated rings. The molecule has 5 nitrogen and oxygen atoms in total. The van der Waals surface area contributed by atoms with Crippen LogP contribution in [0.25, 0.3) is 0 Å². The Hall–Kier alpha value is -1.90. The predicted octanol–water partition coefficient (Wildman–Crippen LogP) is 0.604. The highest BCUT2D eigenvalue weighted by Gasteiger charge is 2.29. The van der Waals surface area contributed by atoms with Crippen molar-refractivity contribution < 1.29 is 4.79 Å². The van der Waals surface area contributed by atoms with E-state index in [9.17, 15) is 4.79 Å². The van der Waals surface area contributed by atoms with Crippen molar-refractivity contribution in [3.63, 3.8) is 0 Å². The van der Waals surface area contributed by atoms with Crippen LogP contribution in [0.5, 0.6) is 0 Å². The number of amides is 1. The van der Waals surface area contributed by atoms with Crippen LogP contribution in [0.4, 0.5) is 0 Å². The molecule has 2 rings (SSSR count). The van der Waals surface area contributed by atoms with Crippen LogP contribution >= 0.6 is 0 Å². The van der Waals surface area contributed by atoms with E-state index in [2.05, 4.69) is 41.0 Å². The number of pyridine rings is 1. The summed E-state index contributed by atoms with van der Waals surface area (Å²) < 4.78 is 0. The first-order valence-corrected chi connectivity index (χ1v) is 7.26. The fourth-order valence-electron chi connectivity index (χ4n) is 2.16. The van der Waals surface area contributed by atoms with Crippen molar-refractivity contribution >= 4 is 5.91 Å². The highest BCUT2D eigenvalue weighted by molar-refractivity contribution is 5.96. The maximum absolute atomic E-state index is 12.3. The molecule has 1 aromatic rings. The quantitative estimate of drug-likeness (QED) is 0.778. The van der Waals surface area contributed by atoms with Gasteiger partial charge in [0, 0.05) is 31.0 Å². The fourth-order valence-corrected chi connectivity index (χ4v) is 2.16. The molecular weight excluding hydrogens is 264 g/mol. The maximum atomic E-state index is 12.3. The molecule has 1 aromatic heterocycles. The van der Waals surface area contributed by atoms with Gasteiger partial charge in [-0.3, -0.25) is 14.7 Å². The molecule has 0 bridgehead atoms. The Labute approximate surface area is 125 Å². The van der Waals surface area contributed by atoms with Gasteiger partial charge >= 0.3 is 0 Å². The molecular formula is C16H22N4O.